The Balaban J connectivity index is 2.50. The second kappa shape index (κ2) is 4.37. The molecule has 17 heavy (non-hydrogen) atoms. The highest BCUT2D eigenvalue weighted by atomic mass is 19.1. The molecule has 0 fully saturated rings. The van der Waals surface area contributed by atoms with Gasteiger partial charge in [0.2, 0.25) is 5.82 Å². The molecule has 1 aromatic carbocycles. The molecule has 0 atom stereocenters. The lowest BCUT2D eigenvalue weighted by Gasteiger charge is -1.99. The quantitative estimate of drug-likeness (QED) is 0.811. The van der Waals surface area contributed by atoms with Crippen molar-refractivity contribution in [2.24, 2.45) is 0 Å². The minimum Gasteiger partial charge on any atom is -0.463 e. The van der Waals surface area contributed by atoms with E-state index in [4.69, 9.17) is 0 Å². The van der Waals surface area contributed by atoms with Crippen LogP contribution in [-0.4, -0.2) is 23.0 Å². The largest absolute Gasteiger partial charge is 0.463 e. The van der Waals surface area contributed by atoms with E-state index in [1.807, 2.05) is 0 Å². The summed E-state index contributed by atoms with van der Waals surface area (Å²) in [6.07, 6.45) is 0. The number of rotatable bonds is 2. The van der Waals surface area contributed by atoms with Crippen LogP contribution in [0.3, 0.4) is 0 Å². The molecule has 0 unspecified atom stereocenters. The Hall–Kier alpha value is -2.17. The number of imidazole rings is 1. The van der Waals surface area contributed by atoms with Crippen molar-refractivity contribution in [3.63, 3.8) is 0 Å². The summed E-state index contributed by atoms with van der Waals surface area (Å²) in [6, 6.07) is 6.27. The number of methoxy groups -OCH3 is 1. The first-order valence-corrected chi connectivity index (χ1v) is 5.03. The van der Waals surface area contributed by atoms with Crippen LogP contribution in [0.15, 0.2) is 24.3 Å². The maximum absolute atomic E-state index is 13.6. The van der Waals surface area contributed by atoms with Gasteiger partial charge in [-0.05, 0) is 19.1 Å². The number of carbonyl (C=O) groups is 1. The van der Waals surface area contributed by atoms with E-state index in [2.05, 4.69) is 14.7 Å². The molecule has 0 radical (unpaired) electrons. The average molecular weight is 234 g/mol. The smallest absolute Gasteiger partial charge is 0.374 e. The van der Waals surface area contributed by atoms with Gasteiger partial charge < -0.3 is 9.72 Å². The number of H-pyrrole nitrogens is 1. The number of esters is 1. The van der Waals surface area contributed by atoms with E-state index in [9.17, 15) is 9.18 Å². The number of halogens is 1. The normalized spacial score (nSPS) is 10.3. The Bertz CT molecular complexity index is 563. The fourth-order valence-electron chi connectivity index (χ4n) is 1.57. The lowest BCUT2D eigenvalue weighted by molar-refractivity contribution is 0.0588. The van der Waals surface area contributed by atoms with Gasteiger partial charge >= 0.3 is 5.97 Å². The number of aromatic nitrogens is 2. The first-order valence-electron chi connectivity index (χ1n) is 5.03. The number of nitrogens with zero attached hydrogens (tertiary/aromatic N) is 1. The van der Waals surface area contributed by atoms with E-state index < -0.39 is 5.97 Å². The lowest BCUT2D eigenvalue weighted by Crippen LogP contribution is -2.03. The summed E-state index contributed by atoms with van der Waals surface area (Å²) in [4.78, 5) is 18.1. The number of hydrogen-bond donors (Lipinski definition) is 1. The first-order chi connectivity index (χ1) is 8.13. The van der Waals surface area contributed by atoms with Gasteiger partial charge in [0.15, 0.2) is 0 Å². The highest BCUT2D eigenvalue weighted by Crippen LogP contribution is 2.23. The van der Waals surface area contributed by atoms with Crippen molar-refractivity contribution < 1.29 is 13.9 Å². The number of nitrogens with one attached hydrogen (secondary N) is 1. The topological polar surface area (TPSA) is 55.0 Å². The van der Waals surface area contributed by atoms with E-state index in [1.54, 1.807) is 25.1 Å². The molecule has 1 heterocycles. The summed E-state index contributed by atoms with van der Waals surface area (Å²) in [5.74, 6) is -0.877. The monoisotopic (exact) mass is 234 g/mol. The molecule has 0 aliphatic carbocycles. The van der Waals surface area contributed by atoms with Crippen molar-refractivity contribution in [2.45, 2.75) is 6.92 Å². The van der Waals surface area contributed by atoms with Gasteiger partial charge in [0.05, 0.1) is 12.8 Å². The summed E-state index contributed by atoms with van der Waals surface area (Å²) in [5, 5.41) is 0. The Morgan fingerprint density at radius 3 is 2.76 bits per heavy atom. The van der Waals surface area contributed by atoms with E-state index in [1.165, 1.54) is 13.2 Å². The van der Waals surface area contributed by atoms with Crippen LogP contribution in [0.5, 0.6) is 0 Å². The van der Waals surface area contributed by atoms with Crippen LogP contribution in [0.1, 0.15) is 16.3 Å². The van der Waals surface area contributed by atoms with Crippen LogP contribution in [0.25, 0.3) is 11.3 Å². The summed E-state index contributed by atoms with van der Waals surface area (Å²) >= 11 is 0. The van der Waals surface area contributed by atoms with Crippen LogP contribution in [0.4, 0.5) is 4.39 Å². The third kappa shape index (κ3) is 2.04. The Labute approximate surface area is 97.5 Å². The number of aromatic amines is 1. The van der Waals surface area contributed by atoms with E-state index in [0.717, 1.165) is 0 Å². The molecule has 0 saturated heterocycles. The highest BCUT2D eigenvalue weighted by Gasteiger charge is 2.16. The van der Waals surface area contributed by atoms with Gasteiger partial charge in [-0.1, -0.05) is 12.1 Å². The zero-order chi connectivity index (χ0) is 12.4. The van der Waals surface area contributed by atoms with Gasteiger partial charge in [-0.2, -0.15) is 0 Å². The molecule has 0 aliphatic rings. The third-order valence-electron chi connectivity index (χ3n) is 2.39. The molecule has 2 rings (SSSR count). The molecule has 88 valence electrons. The Morgan fingerprint density at radius 2 is 2.12 bits per heavy atom. The number of hydrogen-bond acceptors (Lipinski definition) is 3. The van der Waals surface area contributed by atoms with E-state index in [-0.39, 0.29) is 11.6 Å². The minimum atomic E-state index is -0.573. The highest BCUT2D eigenvalue weighted by molar-refractivity contribution is 5.86. The van der Waals surface area contributed by atoms with Gasteiger partial charge in [-0.25, -0.2) is 14.2 Å². The maximum Gasteiger partial charge on any atom is 0.374 e. The molecule has 1 N–H and O–H groups in total. The lowest BCUT2D eigenvalue weighted by atomic mass is 10.1. The molecular formula is C12H11FN2O2. The van der Waals surface area contributed by atoms with Crippen molar-refractivity contribution in [3.8, 4) is 11.3 Å². The van der Waals surface area contributed by atoms with Crippen molar-refractivity contribution in [1.82, 2.24) is 9.97 Å². The number of carbonyl (C=O) groups excluding carboxylic acids is 1. The molecule has 1 aromatic heterocycles. The minimum absolute atomic E-state index is 0.0725. The summed E-state index contributed by atoms with van der Waals surface area (Å²) < 4.78 is 18.1. The van der Waals surface area contributed by atoms with Crippen molar-refractivity contribution in [1.29, 1.82) is 0 Å². The van der Waals surface area contributed by atoms with Crippen LogP contribution in [-0.2, 0) is 4.74 Å². The second-order valence-corrected chi connectivity index (χ2v) is 3.53. The van der Waals surface area contributed by atoms with Crippen LogP contribution in [0.2, 0.25) is 0 Å². The zero-order valence-corrected chi connectivity index (χ0v) is 9.45. The van der Waals surface area contributed by atoms with Gasteiger partial charge in [-0.3, -0.25) is 0 Å². The molecule has 0 aliphatic heterocycles. The number of ether oxygens (including phenoxy) is 1. The van der Waals surface area contributed by atoms with Gasteiger partial charge in [0, 0.05) is 11.3 Å². The Morgan fingerprint density at radius 1 is 1.41 bits per heavy atom. The predicted molar refractivity (Wildman–Crippen MR) is 60.1 cm³/mol. The summed E-state index contributed by atoms with van der Waals surface area (Å²) in [7, 11) is 1.27. The SMILES string of the molecule is COC(=O)c1nc(-c2ccccc2F)c(C)[nH]1. The first kappa shape index (κ1) is 11.3. The fraction of sp³-hybridized carbons (Fsp3) is 0.167. The summed E-state index contributed by atoms with van der Waals surface area (Å²) in [5.41, 5.74) is 1.40. The van der Waals surface area contributed by atoms with Crippen LogP contribution in [0, 0.1) is 12.7 Å². The predicted octanol–water partition coefficient (Wildman–Crippen LogP) is 2.31. The third-order valence-corrected chi connectivity index (χ3v) is 2.39. The van der Waals surface area contributed by atoms with Gasteiger partial charge in [0.1, 0.15) is 5.82 Å². The molecule has 5 heteroatoms. The molecule has 0 spiro atoms. The van der Waals surface area contributed by atoms with Crippen molar-refractivity contribution in [3.05, 3.63) is 41.6 Å². The second-order valence-electron chi connectivity index (χ2n) is 3.53. The zero-order valence-electron chi connectivity index (χ0n) is 9.45. The van der Waals surface area contributed by atoms with Gasteiger partial charge in [0.25, 0.3) is 0 Å². The average Bonchev–Trinajstić information content (AvgIpc) is 2.71. The van der Waals surface area contributed by atoms with Gasteiger partial charge in [-0.15, -0.1) is 0 Å². The molecular weight excluding hydrogens is 223 g/mol. The summed E-state index contributed by atoms with van der Waals surface area (Å²) in [6.45, 7) is 1.72. The maximum atomic E-state index is 13.6. The van der Waals surface area contributed by atoms with E-state index >= 15 is 0 Å². The molecule has 0 amide bonds. The van der Waals surface area contributed by atoms with Crippen molar-refractivity contribution >= 4 is 5.97 Å². The number of aryl methyl sites for hydroxylation is 1. The van der Waals surface area contributed by atoms with Crippen LogP contribution < -0.4 is 0 Å². The molecule has 0 saturated carbocycles. The van der Waals surface area contributed by atoms with Crippen molar-refractivity contribution in [2.75, 3.05) is 7.11 Å². The molecule has 4 nitrogen and oxygen atoms in total. The number of benzene rings is 1. The standard InChI is InChI=1S/C12H11FN2O2/c1-7-10(8-5-3-4-6-9(8)13)15-11(14-7)12(16)17-2/h3-6H,1-2H3,(H,14,15). The van der Waals surface area contributed by atoms with E-state index in [0.29, 0.717) is 17.0 Å². The van der Waals surface area contributed by atoms with Crippen LogP contribution >= 0.6 is 0 Å². The molecule has 2 aromatic rings. The Kier molecular flexibility index (Phi) is 2.91. The fourth-order valence-corrected chi connectivity index (χ4v) is 1.57. The molecule has 0 bridgehead atoms.